The lowest BCUT2D eigenvalue weighted by Gasteiger charge is -2.29. The van der Waals surface area contributed by atoms with Crippen LogP contribution in [0.15, 0.2) is 47.6 Å². The predicted molar refractivity (Wildman–Crippen MR) is 103 cm³/mol. The quantitative estimate of drug-likeness (QED) is 0.649. The Morgan fingerprint density at radius 3 is 2.69 bits per heavy atom. The molecule has 1 amide bonds. The predicted octanol–water partition coefficient (Wildman–Crippen LogP) is 2.36. The zero-order chi connectivity index (χ0) is 19.9. The van der Waals surface area contributed by atoms with Crippen molar-refractivity contribution < 1.29 is 14.1 Å². The summed E-state index contributed by atoms with van der Waals surface area (Å²) in [5.74, 6) is 1.50. The van der Waals surface area contributed by atoms with Crippen LogP contribution in [-0.4, -0.2) is 43.1 Å². The molecule has 0 spiro atoms. The number of nitrogens with one attached hydrogen (secondary N) is 1. The van der Waals surface area contributed by atoms with Gasteiger partial charge in [0.2, 0.25) is 23.5 Å². The molecule has 0 saturated heterocycles. The first-order valence-corrected chi connectivity index (χ1v) is 9.71. The van der Waals surface area contributed by atoms with Gasteiger partial charge in [-0.05, 0) is 37.8 Å². The van der Waals surface area contributed by atoms with Crippen molar-refractivity contribution in [2.45, 2.75) is 50.7 Å². The average molecular weight is 394 g/mol. The van der Waals surface area contributed by atoms with Crippen LogP contribution in [0.4, 0.5) is 0 Å². The molecule has 1 aliphatic carbocycles. The molecule has 1 saturated carbocycles. The minimum Gasteiger partial charge on any atom is -0.473 e. The maximum Gasteiger partial charge on any atom is 0.232 e. The largest absolute Gasteiger partial charge is 0.473 e. The van der Waals surface area contributed by atoms with Gasteiger partial charge >= 0.3 is 0 Å². The smallest absolute Gasteiger partial charge is 0.232 e. The van der Waals surface area contributed by atoms with E-state index in [-0.39, 0.29) is 18.1 Å². The molecule has 1 fully saturated rings. The number of aryl methyl sites for hydroxylation is 1. The van der Waals surface area contributed by atoms with E-state index in [0.717, 1.165) is 31.2 Å². The van der Waals surface area contributed by atoms with Gasteiger partial charge in [-0.15, -0.1) is 0 Å². The first kappa shape index (κ1) is 19.0. The van der Waals surface area contributed by atoms with Gasteiger partial charge in [0.25, 0.3) is 0 Å². The Bertz CT molecular complexity index is 910. The van der Waals surface area contributed by atoms with Crippen molar-refractivity contribution in [3.05, 3.63) is 49.0 Å². The van der Waals surface area contributed by atoms with E-state index in [1.807, 2.05) is 12.1 Å². The summed E-state index contributed by atoms with van der Waals surface area (Å²) >= 11 is 0. The summed E-state index contributed by atoms with van der Waals surface area (Å²) in [4.78, 5) is 28.7. The van der Waals surface area contributed by atoms with Gasteiger partial charge in [-0.1, -0.05) is 5.16 Å². The monoisotopic (exact) mass is 394 g/mol. The molecule has 0 atom stereocenters. The number of hydrogen-bond donors (Lipinski definition) is 1. The molecule has 3 aromatic heterocycles. The van der Waals surface area contributed by atoms with Gasteiger partial charge in [-0.2, -0.15) is 4.98 Å². The summed E-state index contributed by atoms with van der Waals surface area (Å²) in [7, 11) is 0. The molecule has 0 radical (unpaired) electrons. The number of rotatable bonds is 7. The number of pyridine rings is 1. The molecule has 0 aromatic carbocycles. The second-order valence-corrected chi connectivity index (χ2v) is 6.95. The van der Waals surface area contributed by atoms with Gasteiger partial charge in [0.15, 0.2) is 0 Å². The van der Waals surface area contributed by atoms with E-state index in [4.69, 9.17) is 9.26 Å². The van der Waals surface area contributed by atoms with E-state index >= 15 is 0 Å². The van der Waals surface area contributed by atoms with Crippen LogP contribution in [0.1, 0.15) is 38.0 Å². The van der Waals surface area contributed by atoms with Crippen LogP contribution in [0.3, 0.4) is 0 Å². The van der Waals surface area contributed by atoms with Crippen LogP contribution < -0.4 is 10.1 Å². The van der Waals surface area contributed by atoms with Crippen LogP contribution in [0.25, 0.3) is 11.4 Å². The van der Waals surface area contributed by atoms with E-state index in [0.29, 0.717) is 30.4 Å². The van der Waals surface area contributed by atoms with E-state index in [1.165, 1.54) is 0 Å². The van der Waals surface area contributed by atoms with Crippen LogP contribution in [-0.2, 0) is 11.2 Å². The third-order valence-electron chi connectivity index (χ3n) is 4.84. The second-order valence-electron chi connectivity index (χ2n) is 6.95. The average Bonchev–Trinajstić information content (AvgIpc) is 3.24. The molecular formula is C20H22N6O3. The van der Waals surface area contributed by atoms with Crippen molar-refractivity contribution in [3.8, 4) is 17.3 Å². The molecule has 1 N–H and O–H groups in total. The summed E-state index contributed by atoms with van der Waals surface area (Å²) in [6, 6.07) is 3.79. The highest BCUT2D eigenvalue weighted by Gasteiger charge is 2.24. The summed E-state index contributed by atoms with van der Waals surface area (Å²) < 4.78 is 11.1. The Balaban J connectivity index is 1.18. The first-order chi connectivity index (χ1) is 14.3. The summed E-state index contributed by atoms with van der Waals surface area (Å²) in [5.41, 5.74) is 0.833. The van der Waals surface area contributed by atoms with Gasteiger partial charge in [-0.3, -0.25) is 14.8 Å². The zero-order valence-corrected chi connectivity index (χ0v) is 15.9. The first-order valence-electron chi connectivity index (χ1n) is 9.71. The number of ether oxygens (including phenoxy) is 1. The van der Waals surface area contributed by atoms with Gasteiger partial charge in [0.05, 0.1) is 6.20 Å². The fraction of sp³-hybridized carbons (Fsp3) is 0.400. The molecule has 9 nitrogen and oxygen atoms in total. The van der Waals surface area contributed by atoms with E-state index in [1.54, 1.807) is 31.0 Å². The van der Waals surface area contributed by atoms with Crippen molar-refractivity contribution in [2.75, 3.05) is 0 Å². The number of hydrogen-bond acceptors (Lipinski definition) is 8. The van der Waals surface area contributed by atoms with Crippen molar-refractivity contribution in [3.63, 3.8) is 0 Å². The molecule has 9 heteroatoms. The van der Waals surface area contributed by atoms with Crippen molar-refractivity contribution in [1.82, 2.24) is 30.4 Å². The number of amides is 1. The van der Waals surface area contributed by atoms with Crippen molar-refractivity contribution in [2.24, 2.45) is 0 Å². The topological polar surface area (TPSA) is 116 Å². The maximum atomic E-state index is 12.3. The summed E-state index contributed by atoms with van der Waals surface area (Å²) in [5, 5.41) is 7.05. The minimum absolute atomic E-state index is 0.00745. The lowest BCUT2D eigenvalue weighted by Crippen LogP contribution is -2.39. The molecule has 0 unspecified atom stereocenters. The Labute approximate surface area is 167 Å². The molecule has 0 aliphatic heterocycles. The molecule has 29 heavy (non-hydrogen) atoms. The van der Waals surface area contributed by atoms with Gasteiger partial charge in [-0.25, -0.2) is 4.98 Å². The third-order valence-corrected chi connectivity index (χ3v) is 4.84. The Morgan fingerprint density at radius 1 is 1.10 bits per heavy atom. The normalized spacial score (nSPS) is 18.9. The SMILES string of the molecule is O=C(CCc1nc(-c2ccncc2)no1)NC1CCC(Oc2cnccn2)CC1. The van der Waals surface area contributed by atoms with Crippen molar-refractivity contribution >= 4 is 5.91 Å². The number of nitrogens with zero attached hydrogens (tertiary/aromatic N) is 5. The Morgan fingerprint density at radius 2 is 1.93 bits per heavy atom. The van der Waals surface area contributed by atoms with Gasteiger partial charge in [0.1, 0.15) is 6.10 Å². The van der Waals surface area contributed by atoms with Gasteiger partial charge < -0.3 is 14.6 Å². The number of carbonyl (C=O) groups excluding carboxylic acids is 1. The van der Waals surface area contributed by atoms with E-state index in [9.17, 15) is 4.79 Å². The van der Waals surface area contributed by atoms with Crippen LogP contribution in [0.2, 0.25) is 0 Å². The highest BCUT2D eigenvalue weighted by Crippen LogP contribution is 2.22. The van der Waals surface area contributed by atoms with E-state index < -0.39 is 0 Å². The van der Waals surface area contributed by atoms with Crippen LogP contribution in [0, 0.1) is 0 Å². The molecular weight excluding hydrogens is 372 g/mol. The number of carbonyl (C=O) groups is 1. The molecule has 4 rings (SSSR count). The fourth-order valence-corrected chi connectivity index (χ4v) is 3.34. The fourth-order valence-electron chi connectivity index (χ4n) is 3.34. The maximum absolute atomic E-state index is 12.3. The lowest BCUT2D eigenvalue weighted by atomic mass is 9.93. The zero-order valence-electron chi connectivity index (χ0n) is 15.9. The lowest BCUT2D eigenvalue weighted by molar-refractivity contribution is -0.122. The summed E-state index contributed by atoms with van der Waals surface area (Å²) in [6.45, 7) is 0. The minimum atomic E-state index is -0.00745. The van der Waals surface area contributed by atoms with Crippen molar-refractivity contribution in [1.29, 1.82) is 0 Å². The Hall–Kier alpha value is -3.36. The van der Waals surface area contributed by atoms with E-state index in [2.05, 4.69) is 30.4 Å². The second kappa shape index (κ2) is 9.22. The summed E-state index contributed by atoms with van der Waals surface area (Å²) in [6.07, 6.45) is 12.5. The molecule has 0 bridgehead atoms. The standard InChI is InChI=1S/C20H22N6O3/c27-17(5-6-18-25-20(26-29-18)14-7-9-21-10-8-14)24-15-1-3-16(4-2-15)28-19-13-22-11-12-23-19/h7-13,15-16H,1-6H2,(H,24,27). The highest BCUT2D eigenvalue weighted by molar-refractivity contribution is 5.76. The third kappa shape index (κ3) is 5.34. The van der Waals surface area contributed by atoms with Gasteiger partial charge in [0, 0.05) is 49.2 Å². The molecule has 1 aliphatic rings. The molecule has 150 valence electrons. The highest BCUT2D eigenvalue weighted by atomic mass is 16.5. The number of aromatic nitrogens is 5. The molecule has 3 aromatic rings. The van der Waals surface area contributed by atoms with Crippen LogP contribution in [0.5, 0.6) is 5.88 Å². The van der Waals surface area contributed by atoms with Crippen LogP contribution >= 0.6 is 0 Å². The molecule has 3 heterocycles. The Kier molecular flexibility index (Phi) is 6.04.